The van der Waals surface area contributed by atoms with Crippen LogP contribution in [0.4, 0.5) is 0 Å². The van der Waals surface area contributed by atoms with Crippen molar-refractivity contribution < 1.29 is 8.42 Å². The maximum Gasteiger partial charge on any atom is 0.244 e. The van der Waals surface area contributed by atoms with Crippen LogP contribution in [-0.2, 0) is 10.0 Å². The van der Waals surface area contributed by atoms with Gasteiger partial charge in [-0.15, -0.1) is 11.3 Å². The Morgan fingerprint density at radius 1 is 1.58 bits per heavy atom. The Hall–Kier alpha value is 0.0500. The van der Waals surface area contributed by atoms with Crippen LogP contribution < -0.4 is 5.32 Å². The minimum absolute atomic E-state index is 0.0861. The number of thiophene rings is 1. The van der Waals surface area contributed by atoms with E-state index in [1.807, 2.05) is 13.8 Å². The predicted octanol–water partition coefficient (Wildman–Crippen LogP) is 2.58. The maximum absolute atomic E-state index is 12.8. The number of aryl methyl sites for hydroxylation is 1. The van der Waals surface area contributed by atoms with Gasteiger partial charge in [-0.2, -0.15) is 4.31 Å². The van der Waals surface area contributed by atoms with Crippen molar-refractivity contribution >= 4 is 37.3 Å². The Labute approximate surface area is 127 Å². The van der Waals surface area contributed by atoms with Gasteiger partial charge in [0.1, 0.15) is 0 Å². The molecule has 0 saturated carbocycles. The number of nitrogens with one attached hydrogen (secondary N) is 1. The summed E-state index contributed by atoms with van der Waals surface area (Å²) in [4.78, 5) is 1.30. The van der Waals surface area contributed by atoms with E-state index >= 15 is 0 Å². The second-order valence-electron chi connectivity index (χ2n) is 4.73. The Bertz CT molecular complexity index is 536. The number of halogens is 1. The predicted molar refractivity (Wildman–Crippen MR) is 82.2 cm³/mol. The molecule has 108 valence electrons. The highest BCUT2D eigenvalue weighted by Crippen LogP contribution is 2.32. The third kappa shape index (κ3) is 3.21. The molecular formula is C12H19BrN2O2S2. The molecule has 7 heteroatoms. The average Bonchev–Trinajstić information content (AvgIpc) is 2.95. The monoisotopic (exact) mass is 366 g/mol. The summed E-state index contributed by atoms with van der Waals surface area (Å²) < 4.78 is 28.2. The Morgan fingerprint density at radius 2 is 2.32 bits per heavy atom. The summed E-state index contributed by atoms with van der Waals surface area (Å²) in [6, 6.07) is 1.81. The molecule has 1 atom stereocenters. The Balaban J connectivity index is 2.36. The van der Waals surface area contributed by atoms with Crippen molar-refractivity contribution in [2.75, 3.05) is 19.6 Å². The summed E-state index contributed by atoms with van der Waals surface area (Å²) in [6.07, 6.45) is 1.73. The first-order valence-corrected chi connectivity index (χ1v) is 9.50. The van der Waals surface area contributed by atoms with Crippen LogP contribution in [0.1, 0.15) is 24.6 Å². The zero-order valence-electron chi connectivity index (χ0n) is 11.1. The molecule has 1 N–H and O–H groups in total. The molecule has 19 heavy (non-hydrogen) atoms. The first kappa shape index (κ1) is 15.4. The number of nitrogens with zero attached hydrogens (tertiary/aromatic N) is 1. The van der Waals surface area contributed by atoms with E-state index in [-0.39, 0.29) is 6.04 Å². The van der Waals surface area contributed by atoms with Crippen molar-refractivity contribution in [3.05, 3.63) is 14.7 Å². The van der Waals surface area contributed by atoms with E-state index in [0.717, 1.165) is 34.6 Å². The lowest BCUT2D eigenvalue weighted by Gasteiger charge is -2.27. The minimum Gasteiger partial charge on any atom is -0.315 e. The van der Waals surface area contributed by atoms with Gasteiger partial charge < -0.3 is 5.32 Å². The van der Waals surface area contributed by atoms with E-state index in [9.17, 15) is 8.42 Å². The molecule has 0 bridgehead atoms. The minimum atomic E-state index is -3.38. The molecule has 1 aromatic rings. The van der Waals surface area contributed by atoms with E-state index in [1.165, 1.54) is 11.3 Å². The SMILES string of the molecule is CCCN(C1CCNC1)S(=O)(=O)c1cc(Br)sc1C. The van der Waals surface area contributed by atoms with E-state index < -0.39 is 10.0 Å². The molecular weight excluding hydrogens is 348 g/mol. The molecule has 0 radical (unpaired) electrons. The van der Waals surface area contributed by atoms with Gasteiger partial charge in [0.15, 0.2) is 0 Å². The zero-order valence-corrected chi connectivity index (χ0v) is 14.4. The van der Waals surface area contributed by atoms with Crippen molar-refractivity contribution in [1.29, 1.82) is 0 Å². The highest BCUT2D eigenvalue weighted by atomic mass is 79.9. The zero-order chi connectivity index (χ0) is 14.0. The molecule has 2 heterocycles. The highest BCUT2D eigenvalue weighted by Gasteiger charge is 2.34. The lowest BCUT2D eigenvalue weighted by molar-refractivity contribution is 0.335. The van der Waals surface area contributed by atoms with Gasteiger partial charge in [0.05, 0.1) is 8.68 Å². The van der Waals surface area contributed by atoms with Gasteiger partial charge in [0, 0.05) is 24.0 Å². The molecule has 1 fully saturated rings. The molecule has 0 aromatic carbocycles. The van der Waals surface area contributed by atoms with Crippen LogP contribution >= 0.6 is 27.3 Å². The largest absolute Gasteiger partial charge is 0.315 e. The van der Waals surface area contributed by atoms with E-state index in [2.05, 4.69) is 21.2 Å². The molecule has 1 saturated heterocycles. The summed E-state index contributed by atoms with van der Waals surface area (Å²) in [5.41, 5.74) is 0. The first-order valence-electron chi connectivity index (χ1n) is 6.45. The number of hydrogen-bond acceptors (Lipinski definition) is 4. The van der Waals surface area contributed by atoms with Crippen LogP contribution in [0.3, 0.4) is 0 Å². The number of rotatable bonds is 5. The Morgan fingerprint density at radius 3 is 2.79 bits per heavy atom. The number of hydrogen-bond donors (Lipinski definition) is 1. The van der Waals surface area contributed by atoms with E-state index in [4.69, 9.17) is 0 Å². The van der Waals surface area contributed by atoms with Crippen LogP contribution in [0, 0.1) is 6.92 Å². The normalized spacial score (nSPS) is 20.3. The van der Waals surface area contributed by atoms with Gasteiger partial charge in [0.25, 0.3) is 0 Å². The lowest BCUT2D eigenvalue weighted by Crippen LogP contribution is -2.42. The van der Waals surface area contributed by atoms with E-state index in [1.54, 1.807) is 10.4 Å². The van der Waals surface area contributed by atoms with Crippen LogP contribution in [-0.4, -0.2) is 38.4 Å². The molecule has 0 amide bonds. The van der Waals surface area contributed by atoms with Crippen LogP contribution in [0.25, 0.3) is 0 Å². The summed E-state index contributed by atoms with van der Waals surface area (Å²) in [7, 11) is -3.38. The van der Waals surface area contributed by atoms with E-state index in [0.29, 0.717) is 11.4 Å². The molecule has 0 spiro atoms. The second-order valence-corrected chi connectivity index (χ2v) is 9.23. The average molecular weight is 367 g/mol. The maximum atomic E-state index is 12.8. The fraction of sp³-hybridized carbons (Fsp3) is 0.667. The summed E-state index contributed by atoms with van der Waals surface area (Å²) in [5.74, 6) is 0. The van der Waals surface area contributed by atoms with Crippen molar-refractivity contribution in [2.45, 2.75) is 37.6 Å². The summed E-state index contributed by atoms with van der Waals surface area (Å²) in [6.45, 7) is 6.11. The second kappa shape index (κ2) is 6.22. The Kier molecular flexibility index (Phi) is 5.05. The van der Waals surface area contributed by atoms with Gasteiger partial charge in [-0.1, -0.05) is 6.92 Å². The van der Waals surface area contributed by atoms with Gasteiger partial charge in [0.2, 0.25) is 10.0 Å². The molecule has 1 unspecified atom stereocenters. The molecule has 4 nitrogen and oxygen atoms in total. The van der Waals surface area contributed by atoms with Crippen molar-refractivity contribution in [1.82, 2.24) is 9.62 Å². The van der Waals surface area contributed by atoms with Crippen LogP contribution in [0.15, 0.2) is 14.7 Å². The summed E-state index contributed by atoms with van der Waals surface area (Å²) in [5, 5.41) is 3.24. The van der Waals surface area contributed by atoms with Crippen LogP contribution in [0.5, 0.6) is 0 Å². The van der Waals surface area contributed by atoms with Crippen LogP contribution in [0.2, 0.25) is 0 Å². The van der Waals surface area contributed by atoms with Crippen molar-refractivity contribution in [3.63, 3.8) is 0 Å². The lowest BCUT2D eigenvalue weighted by atomic mass is 10.2. The van der Waals surface area contributed by atoms with Gasteiger partial charge >= 0.3 is 0 Å². The smallest absolute Gasteiger partial charge is 0.244 e. The van der Waals surface area contributed by atoms with Gasteiger partial charge in [-0.05, 0) is 48.3 Å². The standard InChI is InChI=1S/C12H19BrN2O2S2/c1-3-6-15(10-4-5-14-8-10)19(16,17)11-7-12(13)18-9(11)2/h7,10,14H,3-6,8H2,1-2H3. The first-order chi connectivity index (χ1) is 8.96. The summed E-state index contributed by atoms with van der Waals surface area (Å²) >= 11 is 4.84. The topological polar surface area (TPSA) is 49.4 Å². The van der Waals surface area contributed by atoms with Gasteiger partial charge in [-0.25, -0.2) is 8.42 Å². The fourth-order valence-electron chi connectivity index (χ4n) is 2.42. The third-order valence-electron chi connectivity index (χ3n) is 3.31. The molecule has 2 rings (SSSR count). The fourth-order valence-corrected chi connectivity index (χ4v) is 6.55. The molecule has 1 aliphatic heterocycles. The molecule has 1 aromatic heterocycles. The third-order valence-corrected chi connectivity index (χ3v) is 7.08. The molecule has 1 aliphatic rings. The van der Waals surface area contributed by atoms with Crippen molar-refractivity contribution in [3.8, 4) is 0 Å². The van der Waals surface area contributed by atoms with Gasteiger partial charge in [-0.3, -0.25) is 0 Å². The quantitative estimate of drug-likeness (QED) is 0.870. The van der Waals surface area contributed by atoms with Crippen molar-refractivity contribution in [2.24, 2.45) is 0 Å². The highest BCUT2D eigenvalue weighted by molar-refractivity contribution is 9.11. The molecule has 0 aliphatic carbocycles. The number of sulfonamides is 1.